The van der Waals surface area contributed by atoms with Crippen molar-refractivity contribution in [3.05, 3.63) is 59.7 Å². The van der Waals surface area contributed by atoms with Crippen molar-refractivity contribution in [1.82, 2.24) is 4.90 Å². The van der Waals surface area contributed by atoms with Crippen LogP contribution in [0.15, 0.2) is 42.5 Å². The Morgan fingerprint density at radius 1 is 1.13 bits per heavy atom. The Balaban J connectivity index is 1.95. The number of hydrogen-bond acceptors (Lipinski definition) is 3. The molecule has 122 valence electrons. The summed E-state index contributed by atoms with van der Waals surface area (Å²) in [5.41, 5.74) is 0.846. The molecule has 2 rings (SSSR count). The molecule has 2 aromatic carbocycles. The molecule has 0 unspecified atom stereocenters. The maximum Gasteiger partial charge on any atom is 0.260 e. The van der Waals surface area contributed by atoms with Crippen LogP contribution < -0.4 is 9.47 Å². The third kappa shape index (κ3) is 4.42. The lowest BCUT2D eigenvalue weighted by Gasteiger charge is -2.19. The monoisotopic (exact) mass is 321 g/mol. The zero-order valence-corrected chi connectivity index (χ0v) is 12.9. The first-order valence-corrected chi connectivity index (χ1v) is 6.95. The molecule has 0 saturated heterocycles. The minimum Gasteiger partial charge on any atom is -0.496 e. The zero-order valence-electron chi connectivity index (χ0n) is 12.9. The van der Waals surface area contributed by atoms with Gasteiger partial charge in [-0.15, -0.1) is 0 Å². The number of ether oxygens (including phenoxy) is 2. The molecule has 0 spiro atoms. The molecular formula is C17H17F2NO3. The molecule has 1 amide bonds. The number of amides is 1. The smallest absolute Gasteiger partial charge is 0.260 e. The van der Waals surface area contributed by atoms with E-state index in [1.807, 2.05) is 18.2 Å². The number of halogens is 2. The summed E-state index contributed by atoms with van der Waals surface area (Å²) in [4.78, 5) is 13.5. The maximum absolute atomic E-state index is 13.4. The number of para-hydroxylation sites is 1. The zero-order chi connectivity index (χ0) is 16.8. The van der Waals surface area contributed by atoms with Crippen LogP contribution in [-0.2, 0) is 11.3 Å². The average Bonchev–Trinajstić information content (AvgIpc) is 2.54. The van der Waals surface area contributed by atoms with Crippen LogP contribution in [0.2, 0.25) is 0 Å². The fourth-order valence-electron chi connectivity index (χ4n) is 2.02. The Kier molecular flexibility index (Phi) is 5.51. The molecule has 23 heavy (non-hydrogen) atoms. The topological polar surface area (TPSA) is 38.8 Å². The fourth-order valence-corrected chi connectivity index (χ4v) is 2.02. The summed E-state index contributed by atoms with van der Waals surface area (Å²) in [5, 5.41) is 0. The van der Waals surface area contributed by atoms with Crippen molar-refractivity contribution in [1.29, 1.82) is 0 Å². The van der Waals surface area contributed by atoms with Crippen molar-refractivity contribution >= 4 is 5.91 Å². The van der Waals surface area contributed by atoms with Gasteiger partial charge in [0, 0.05) is 25.2 Å². The molecule has 0 radical (unpaired) electrons. The number of nitrogens with zero attached hydrogens (tertiary/aromatic N) is 1. The third-order valence-corrected chi connectivity index (χ3v) is 3.27. The van der Waals surface area contributed by atoms with Crippen molar-refractivity contribution in [2.24, 2.45) is 0 Å². The van der Waals surface area contributed by atoms with Crippen LogP contribution in [0, 0.1) is 11.6 Å². The molecule has 0 aliphatic heterocycles. The van der Waals surface area contributed by atoms with Gasteiger partial charge in [-0.1, -0.05) is 18.2 Å². The number of carbonyl (C=O) groups is 1. The van der Waals surface area contributed by atoms with Crippen LogP contribution in [0.4, 0.5) is 8.78 Å². The first-order valence-electron chi connectivity index (χ1n) is 6.95. The van der Waals surface area contributed by atoms with Crippen molar-refractivity contribution in [3.8, 4) is 11.5 Å². The van der Waals surface area contributed by atoms with Gasteiger partial charge in [0.1, 0.15) is 11.6 Å². The van der Waals surface area contributed by atoms with E-state index in [9.17, 15) is 13.6 Å². The average molecular weight is 321 g/mol. The Labute approximate surface area is 133 Å². The second-order valence-electron chi connectivity index (χ2n) is 4.93. The summed E-state index contributed by atoms with van der Waals surface area (Å²) in [6.45, 7) is -0.00763. The minimum absolute atomic E-state index is 0.162. The maximum atomic E-state index is 13.4. The molecule has 0 fully saturated rings. The Bertz CT molecular complexity index is 691. The lowest BCUT2D eigenvalue weighted by atomic mass is 10.2. The van der Waals surface area contributed by atoms with Gasteiger partial charge in [0.15, 0.2) is 18.2 Å². The third-order valence-electron chi connectivity index (χ3n) is 3.27. The molecule has 6 heteroatoms. The first-order chi connectivity index (χ1) is 11.0. The van der Waals surface area contributed by atoms with Crippen LogP contribution in [0.1, 0.15) is 5.56 Å². The number of hydrogen-bond donors (Lipinski definition) is 0. The molecule has 0 aliphatic rings. The van der Waals surface area contributed by atoms with Crippen molar-refractivity contribution in [2.45, 2.75) is 6.54 Å². The van der Waals surface area contributed by atoms with Gasteiger partial charge in [-0.2, -0.15) is 0 Å². The lowest BCUT2D eigenvalue weighted by molar-refractivity contribution is -0.132. The minimum atomic E-state index is -0.842. The molecule has 0 atom stereocenters. The number of methoxy groups -OCH3 is 1. The van der Waals surface area contributed by atoms with Crippen LogP contribution in [0.3, 0.4) is 0 Å². The van der Waals surface area contributed by atoms with Crippen LogP contribution in [-0.4, -0.2) is 31.6 Å². The number of rotatable bonds is 6. The van der Waals surface area contributed by atoms with Gasteiger partial charge in [-0.05, 0) is 18.2 Å². The Morgan fingerprint density at radius 3 is 2.57 bits per heavy atom. The first kappa shape index (κ1) is 16.7. The molecule has 2 aromatic rings. The van der Waals surface area contributed by atoms with E-state index in [4.69, 9.17) is 9.47 Å². The summed E-state index contributed by atoms with van der Waals surface area (Å²) in [6.07, 6.45) is 0. The predicted molar refractivity (Wildman–Crippen MR) is 81.3 cm³/mol. The molecule has 0 saturated carbocycles. The highest BCUT2D eigenvalue weighted by molar-refractivity contribution is 5.77. The SMILES string of the molecule is COc1ccccc1CN(C)C(=O)COc1ccc(F)cc1F. The summed E-state index contributed by atoms with van der Waals surface area (Å²) >= 11 is 0. The number of benzene rings is 2. The van der Waals surface area contributed by atoms with Crippen molar-refractivity contribution < 1.29 is 23.0 Å². The molecule has 0 bridgehead atoms. The number of likely N-dealkylation sites (N-methyl/N-ethyl adjacent to an activating group) is 1. The van der Waals surface area contributed by atoms with Gasteiger partial charge in [0.2, 0.25) is 0 Å². The fraction of sp³-hybridized carbons (Fsp3) is 0.235. The summed E-state index contributed by atoms with van der Waals surface area (Å²) in [7, 11) is 3.17. The van der Waals surface area contributed by atoms with Crippen LogP contribution >= 0.6 is 0 Å². The van der Waals surface area contributed by atoms with Gasteiger partial charge < -0.3 is 14.4 Å². The molecule has 0 aromatic heterocycles. The molecule has 0 heterocycles. The summed E-state index contributed by atoms with van der Waals surface area (Å²) in [5.74, 6) is -1.36. The van der Waals surface area contributed by atoms with E-state index in [1.54, 1.807) is 20.2 Å². The second kappa shape index (κ2) is 7.58. The predicted octanol–water partition coefficient (Wildman–Crippen LogP) is 3.01. The standard InChI is InChI=1S/C17H17F2NO3/c1-20(10-12-5-3-4-6-15(12)22-2)17(21)11-23-16-8-7-13(18)9-14(16)19/h3-9H,10-11H2,1-2H3. The quantitative estimate of drug-likeness (QED) is 0.821. The molecule has 4 nitrogen and oxygen atoms in total. The Morgan fingerprint density at radius 2 is 1.87 bits per heavy atom. The Hall–Kier alpha value is -2.63. The normalized spacial score (nSPS) is 10.3. The second-order valence-corrected chi connectivity index (χ2v) is 4.93. The van der Waals surface area contributed by atoms with E-state index in [0.717, 1.165) is 17.7 Å². The van der Waals surface area contributed by atoms with E-state index >= 15 is 0 Å². The van der Waals surface area contributed by atoms with Gasteiger partial charge >= 0.3 is 0 Å². The van der Waals surface area contributed by atoms with Crippen LogP contribution in [0.5, 0.6) is 11.5 Å². The van der Waals surface area contributed by atoms with Crippen LogP contribution in [0.25, 0.3) is 0 Å². The van der Waals surface area contributed by atoms with E-state index in [0.29, 0.717) is 18.4 Å². The largest absolute Gasteiger partial charge is 0.496 e. The molecule has 0 aliphatic carbocycles. The molecular weight excluding hydrogens is 304 g/mol. The summed E-state index contributed by atoms with van der Waals surface area (Å²) in [6, 6.07) is 10.3. The lowest BCUT2D eigenvalue weighted by Crippen LogP contribution is -2.31. The van der Waals surface area contributed by atoms with Crippen molar-refractivity contribution in [2.75, 3.05) is 20.8 Å². The van der Waals surface area contributed by atoms with E-state index in [1.165, 1.54) is 4.90 Å². The highest BCUT2D eigenvalue weighted by Crippen LogP contribution is 2.20. The highest BCUT2D eigenvalue weighted by atomic mass is 19.1. The number of carbonyl (C=O) groups excluding carboxylic acids is 1. The molecule has 0 N–H and O–H groups in total. The highest BCUT2D eigenvalue weighted by Gasteiger charge is 2.14. The summed E-state index contributed by atoms with van der Waals surface area (Å²) < 4.78 is 36.6. The van der Waals surface area contributed by atoms with E-state index in [2.05, 4.69) is 0 Å². The van der Waals surface area contributed by atoms with Gasteiger partial charge in [-0.25, -0.2) is 8.78 Å². The van der Waals surface area contributed by atoms with Gasteiger partial charge in [0.25, 0.3) is 5.91 Å². The van der Waals surface area contributed by atoms with Gasteiger partial charge in [0.05, 0.1) is 7.11 Å². The van der Waals surface area contributed by atoms with E-state index < -0.39 is 11.6 Å². The van der Waals surface area contributed by atoms with Crippen molar-refractivity contribution in [3.63, 3.8) is 0 Å². The van der Waals surface area contributed by atoms with E-state index in [-0.39, 0.29) is 18.3 Å². The van der Waals surface area contributed by atoms with Gasteiger partial charge in [-0.3, -0.25) is 4.79 Å².